The summed E-state index contributed by atoms with van der Waals surface area (Å²) in [5.74, 6) is 0.201. The van der Waals surface area contributed by atoms with Crippen molar-refractivity contribution < 1.29 is 4.79 Å². The molecule has 0 aromatic heterocycles. The van der Waals surface area contributed by atoms with E-state index in [0.717, 1.165) is 17.8 Å². The molecule has 0 bridgehead atoms. The number of nitrogens with zero attached hydrogens (tertiary/aromatic N) is 1. The molecule has 0 fully saturated rings. The van der Waals surface area contributed by atoms with E-state index in [1.165, 1.54) is 5.56 Å². The fourth-order valence-corrected chi connectivity index (χ4v) is 3.30. The molecule has 2 atom stereocenters. The van der Waals surface area contributed by atoms with Gasteiger partial charge in [-0.05, 0) is 37.1 Å². The molecule has 0 radical (unpaired) electrons. The van der Waals surface area contributed by atoms with Crippen LogP contribution in [-0.4, -0.2) is 11.9 Å². The van der Waals surface area contributed by atoms with Gasteiger partial charge in [0.2, 0.25) is 5.91 Å². The van der Waals surface area contributed by atoms with Crippen molar-refractivity contribution >= 4 is 17.3 Å². The number of para-hydroxylation sites is 2. The third-order valence-electron chi connectivity index (χ3n) is 4.44. The molecule has 1 aliphatic rings. The number of amides is 1. The Morgan fingerprint density at radius 3 is 2.43 bits per heavy atom. The van der Waals surface area contributed by atoms with Crippen molar-refractivity contribution in [3.05, 3.63) is 60.2 Å². The molecule has 3 heteroatoms. The first-order chi connectivity index (χ1) is 11.1. The van der Waals surface area contributed by atoms with Crippen molar-refractivity contribution in [2.45, 2.75) is 39.3 Å². The molecule has 120 valence electrons. The smallest absolute Gasteiger partial charge is 0.229 e. The summed E-state index contributed by atoms with van der Waals surface area (Å²) in [4.78, 5) is 14.6. The number of carbonyl (C=O) groups excluding carboxylic acids is 1. The summed E-state index contributed by atoms with van der Waals surface area (Å²) in [5.41, 5.74) is 3.35. The highest BCUT2D eigenvalue weighted by Crippen LogP contribution is 2.39. The van der Waals surface area contributed by atoms with E-state index in [1.807, 2.05) is 49.1 Å². The van der Waals surface area contributed by atoms with Gasteiger partial charge in [0.05, 0.1) is 6.04 Å². The van der Waals surface area contributed by atoms with Gasteiger partial charge in [-0.25, -0.2) is 0 Å². The van der Waals surface area contributed by atoms with Gasteiger partial charge in [-0.2, -0.15) is 0 Å². The van der Waals surface area contributed by atoms with E-state index in [1.54, 1.807) is 0 Å². The van der Waals surface area contributed by atoms with Gasteiger partial charge < -0.3 is 10.2 Å². The van der Waals surface area contributed by atoms with E-state index in [2.05, 4.69) is 36.5 Å². The standard InChI is InChI=1S/C20H24N2O/c1-14(2)20(23)22-15(3)13-18(17-11-7-8-12-19(17)22)21-16-9-5-4-6-10-16/h4-12,14-15,18,21H,13H2,1-3H3/t15-,18+/m1/s1. The van der Waals surface area contributed by atoms with Gasteiger partial charge in [0.25, 0.3) is 0 Å². The first-order valence-electron chi connectivity index (χ1n) is 8.31. The zero-order valence-corrected chi connectivity index (χ0v) is 14.0. The van der Waals surface area contributed by atoms with E-state index in [4.69, 9.17) is 0 Å². The molecule has 1 heterocycles. The molecule has 3 rings (SSSR count). The minimum Gasteiger partial charge on any atom is -0.378 e. The number of carbonyl (C=O) groups is 1. The highest BCUT2D eigenvalue weighted by Gasteiger charge is 2.34. The lowest BCUT2D eigenvalue weighted by atomic mass is 9.90. The monoisotopic (exact) mass is 308 g/mol. The largest absolute Gasteiger partial charge is 0.378 e. The molecule has 1 N–H and O–H groups in total. The second kappa shape index (κ2) is 6.45. The molecule has 1 amide bonds. The Morgan fingerprint density at radius 2 is 1.74 bits per heavy atom. The number of rotatable bonds is 3. The summed E-state index contributed by atoms with van der Waals surface area (Å²) in [6.07, 6.45) is 0.907. The fraction of sp³-hybridized carbons (Fsp3) is 0.350. The van der Waals surface area contributed by atoms with Gasteiger partial charge >= 0.3 is 0 Å². The predicted molar refractivity (Wildman–Crippen MR) is 95.7 cm³/mol. The molecule has 1 aliphatic heterocycles. The average molecular weight is 308 g/mol. The second-order valence-electron chi connectivity index (χ2n) is 6.57. The Balaban J connectivity index is 1.95. The Hall–Kier alpha value is -2.29. The van der Waals surface area contributed by atoms with Crippen LogP contribution < -0.4 is 10.2 Å². The van der Waals surface area contributed by atoms with Crippen molar-refractivity contribution in [1.82, 2.24) is 0 Å². The van der Waals surface area contributed by atoms with Gasteiger partial charge in [-0.15, -0.1) is 0 Å². The summed E-state index contributed by atoms with van der Waals surface area (Å²) < 4.78 is 0. The van der Waals surface area contributed by atoms with Gasteiger partial charge in [0.1, 0.15) is 0 Å². The molecule has 3 nitrogen and oxygen atoms in total. The summed E-state index contributed by atoms with van der Waals surface area (Å²) in [6, 6.07) is 18.9. The van der Waals surface area contributed by atoms with Crippen LogP contribution in [0.15, 0.2) is 54.6 Å². The van der Waals surface area contributed by atoms with Crippen LogP contribution in [0.5, 0.6) is 0 Å². The fourth-order valence-electron chi connectivity index (χ4n) is 3.30. The summed E-state index contributed by atoms with van der Waals surface area (Å²) in [7, 11) is 0. The number of nitrogens with one attached hydrogen (secondary N) is 1. The van der Waals surface area contributed by atoms with Gasteiger partial charge in [0, 0.05) is 23.3 Å². The van der Waals surface area contributed by atoms with E-state index in [0.29, 0.717) is 0 Å². The van der Waals surface area contributed by atoms with Crippen LogP contribution in [0.3, 0.4) is 0 Å². The van der Waals surface area contributed by atoms with E-state index in [-0.39, 0.29) is 23.9 Å². The molecule has 0 aliphatic carbocycles. The normalized spacial score (nSPS) is 20.3. The predicted octanol–water partition coefficient (Wildman–Crippen LogP) is 4.62. The number of benzene rings is 2. The van der Waals surface area contributed by atoms with Crippen LogP contribution in [0.1, 0.15) is 38.8 Å². The molecular weight excluding hydrogens is 284 g/mol. The van der Waals surface area contributed by atoms with Gasteiger partial charge in [-0.1, -0.05) is 50.2 Å². The molecule has 0 unspecified atom stereocenters. The first-order valence-corrected chi connectivity index (χ1v) is 8.31. The molecule has 23 heavy (non-hydrogen) atoms. The van der Waals surface area contributed by atoms with Gasteiger partial charge in [0.15, 0.2) is 0 Å². The minimum absolute atomic E-state index is 0.00383. The SMILES string of the molecule is CC(C)C(=O)N1c2ccccc2[C@@H](Nc2ccccc2)C[C@H]1C. The number of hydrogen-bond donors (Lipinski definition) is 1. The highest BCUT2D eigenvalue weighted by molar-refractivity contribution is 5.96. The Labute approximate surface area is 138 Å². The van der Waals surface area contributed by atoms with E-state index in [9.17, 15) is 4.79 Å². The summed E-state index contributed by atoms with van der Waals surface area (Å²) in [5, 5.41) is 3.62. The number of anilines is 2. The van der Waals surface area contributed by atoms with Crippen molar-refractivity contribution in [3.8, 4) is 0 Å². The van der Waals surface area contributed by atoms with Crippen LogP contribution >= 0.6 is 0 Å². The molecule has 0 saturated carbocycles. The van der Waals surface area contributed by atoms with E-state index >= 15 is 0 Å². The summed E-state index contributed by atoms with van der Waals surface area (Å²) >= 11 is 0. The molecule has 2 aromatic carbocycles. The average Bonchev–Trinajstić information content (AvgIpc) is 2.55. The van der Waals surface area contributed by atoms with Gasteiger partial charge in [-0.3, -0.25) is 4.79 Å². The zero-order chi connectivity index (χ0) is 16.4. The quantitative estimate of drug-likeness (QED) is 0.897. The van der Waals surface area contributed by atoms with Crippen LogP contribution in [0.2, 0.25) is 0 Å². The van der Waals surface area contributed by atoms with Crippen molar-refractivity contribution in [1.29, 1.82) is 0 Å². The van der Waals surface area contributed by atoms with Crippen LogP contribution in [0.25, 0.3) is 0 Å². The first kappa shape index (κ1) is 15.6. The maximum Gasteiger partial charge on any atom is 0.229 e. The lowest BCUT2D eigenvalue weighted by Gasteiger charge is -2.40. The van der Waals surface area contributed by atoms with Crippen LogP contribution in [-0.2, 0) is 4.79 Å². The molecular formula is C20H24N2O. The Bertz CT molecular complexity index is 681. The molecule has 2 aromatic rings. The van der Waals surface area contributed by atoms with Crippen molar-refractivity contribution in [3.63, 3.8) is 0 Å². The number of hydrogen-bond acceptors (Lipinski definition) is 2. The highest BCUT2D eigenvalue weighted by atomic mass is 16.2. The molecule has 0 spiro atoms. The Kier molecular flexibility index (Phi) is 4.37. The van der Waals surface area contributed by atoms with Crippen LogP contribution in [0, 0.1) is 5.92 Å². The van der Waals surface area contributed by atoms with E-state index < -0.39 is 0 Å². The third kappa shape index (κ3) is 3.09. The van der Waals surface area contributed by atoms with Crippen LogP contribution in [0.4, 0.5) is 11.4 Å². The van der Waals surface area contributed by atoms with Crippen molar-refractivity contribution in [2.24, 2.45) is 5.92 Å². The number of fused-ring (bicyclic) bond motifs is 1. The Morgan fingerprint density at radius 1 is 1.09 bits per heavy atom. The second-order valence-corrected chi connectivity index (χ2v) is 6.57. The van der Waals surface area contributed by atoms with Crippen molar-refractivity contribution in [2.75, 3.05) is 10.2 Å². The summed E-state index contributed by atoms with van der Waals surface area (Å²) in [6.45, 7) is 6.06. The maximum absolute atomic E-state index is 12.6. The lowest BCUT2D eigenvalue weighted by molar-refractivity contribution is -0.122. The third-order valence-corrected chi connectivity index (χ3v) is 4.44. The molecule has 0 saturated heterocycles. The zero-order valence-electron chi connectivity index (χ0n) is 14.0. The maximum atomic E-state index is 12.6. The topological polar surface area (TPSA) is 32.3 Å². The lowest BCUT2D eigenvalue weighted by Crippen LogP contribution is -2.46. The minimum atomic E-state index is 0.00383.